The first-order chi connectivity index (χ1) is 4.97. The van der Waals surface area contributed by atoms with Gasteiger partial charge in [0.15, 0.2) is 0 Å². The zero-order valence-corrected chi connectivity index (χ0v) is 6.11. The molecule has 1 aliphatic rings. The largest absolute Gasteiger partial charge is 0.378 e. The fourth-order valence-corrected chi connectivity index (χ4v) is 1.17. The second kappa shape index (κ2) is 2.46. The molecule has 0 spiro atoms. The number of alkyl halides is 2. The normalized spacial score (nSPS) is 27.5. The van der Waals surface area contributed by atoms with Crippen LogP contribution in [0.5, 0.6) is 0 Å². The standard InChI is InChI=1S/C8H10F2O/c1-2-7(11)3-5-8(9,10)6-4-7/h1,11H,3-6H2. The van der Waals surface area contributed by atoms with E-state index in [1.165, 1.54) is 0 Å². The van der Waals surface area contributed by atoms with Crippen LogP contribution in [0.25, 0.3) is 0 Å². The monoisotopic (exact) mass is 160 g/mol. The van der Waals surface area contributed by atoms with Crippen LogP contribution in [0.3, 0.4) is 0 Å². The lowest BCUT2D eigenvalue weighted by molar-refractivity contribution is -0.0823. The molecule has 0 heterocycles. The van der Waals surface area contributed by atoms with Gasteiger partial charge in [-0.15, -0.1) is 6.42 Å². The Kier molecular flexibility index (Phi) is 1.89. The smallest absolute Gasteiger partial charge is 0.248 e. The van der Waals surface area contributed by atoms with Crippen molar-refractivity contribution in [1.82, 2.24) is 0 Å². The maximum Gasteiger partial charge on any atom is 0.248 e. The Labute approximate surface area is 64.4 Å². The summed E-state index contributed by atoms with van der Waals surface area (Å²) in [7, 11) is 0. The summed E-state index contributed by atoms with van der Waals surface area (Å²) < 4.78 is 25.0. The Hall–Kier alpha value is -0.620. The highest BCUT2D eigenvalue weighted by Crippen LogP contribution is 2.37. The number of terminal acetylenes is 1. The van der Waals surface area contributed by atoms with Crippen LogP contribution in [-0.2, 0) is 0 Å². The molecule has 0 aromatic rings. The van der Waals surface area contributed by atoms with E-state index in [1.807, 2.05) is 0 Å². The van der Waals surface area contributed by atoms with Gasteiger partial charge in [-0.3, -0.25) is 0 Å². The van der Waals surface area contributed by atoms with Crippen molar-refractivity contribution in [1.29, 1.82) is 0 Å². The van der Waals surface area contributed by atoms with Gasteiger partial charge < -0.3 is 5.11 Å². The number of aliphatic hydroxyl groups is 1. The van der Waals surface area contributed by atoms with E-state index in [4.69, 9.17) is 6.42 Å². The van der Waals surface area contributed by atoms with Crippen molar-refractivity contribution in [2.45, 2.75) is 37.2 Å². The third-order valence-corrected chi connectivity index (χ3v) is 2.08. The van der Waals surface area contributed by atoms with Crippen LogP contribution >= 0.6 is 0 Å². The van der Waals surface area contributed by atoms with E-state index in [0.29, 0.717) is 0 Å². The molecule has 1 aliphatic carbocycles. The van der Waals surface area contributed by atoms with Gasteiger partial charge in [0.05, 0.1) is 0 Å². The van der Waals surface area contributed by atoms with Crippen molar-refractivity contribution in [3.8, 4) is 12.3 Å². The molecular weight excluding hydrogens is 150 g/mol. The van der Waals surface area contributed by atoms with Crippen LogP contribution in [0.2, 0.25) is 0 Å². The Morgan fingerprint density at radius 1 is 1.18 bits per heavy atom. The van der Waals surface area contributed by atoms with Crippen LogP contribution in [0.4, 0.5) is 8.78 Å². The molecule has 0 aromatic carbocycles. The van der Waals surface area contributed by atoms with E-state index in [-0.39, 0.29) is 25.7 Å². The predicted octanol–water partition coefficient (Wildman–Crippen LogP) is 1.56. The molecule has 0 bridgehead atoms. The molecule has 0 atom stereocenters. The number of hydrogen-bond donors (Lipinski definition) is 1. The van der Waals surface area contributed by atoms with E-state index in [0.717, 1.165) is 0 Å². The minimum atomic E-state index is -2.62. The van der Waals surface area contributed by atoms with E-state index in [2.05, 4.69) is 5.92 Å². The fourth-order valence-electron chi connectivity index (χ4n) is 1.17. The quantitative estimate of drug-likeness (QED) is 0.533. The van der Waals surface area contributed by atoms with E-state index in [1.54, 1.807) is 0 Å². The lowest BCUT2D eigenvalue weighted by Gasteiger charge is -2.31. The van der Waals surface area contributed by atoms with Crippen LogP contribution in [0, 0.1) is 12.3 Å². The molecule has 1 rings (SSSR count). The van der Waals surface area contributed by atoms with Gasteiger partial charge in [-0.05, 0) is 12.8 Å². The first kappa shape index (κ1) is 8.48. The van der Waals surface area contributed by atoms with Gasteiger partial charge in [0, 0.05) is 12.8 Å². The molecule has 1 fully saturated rings. The van der Waals surface area contributed by atoms with E-state index >= 15 is 0 Å². The minimum Gasteiger partial charge on any atom is -0.378 e. The van der Waals surface area contributed by atoms with Crippen molar-refractivity contribution in [2.75, 3.05) is 0 Å². The molecule has 0 aromatic heterocycles. The molecule has 0 aliphatic heterocycles. The Balaban J connectivity index is 2.56. The first-order valence-electron chi connectivity index (χ1n) is 3.55. The van der Waals surface area contributed by atoms with Crippen molar-refractivity contribution < 1.29 is 13.9 Å². The molecule has 1 nitrogen and oxygen atoms in total. The third kappa shape index (κ3) is 1.90. The van der Waals surface area contributed by atoms with Gasteiger partial charge in [0.2, 0.25) is 5.92 Å². The molecule has 0 amide bonds. The summed E-state index contributed by atoms with van der Waals surface area (Å²) in [5.74, 6) is -0.482. The highest BCUT2D eigenvalue weighted by Gasteiger charge is 2.41. The van der Waals surface area contributed by atoms with Crippen LogP contribution in [0.15, 0.2) is 0 Å². The maximum absolute atomic E-state index is 12.5. The molecule has 0 unspecified atom stereocenters. The summed E-state index contributed by atoms with van der Waals surface area (Å²) in [6.45, 7) is 0. The van der Waals surface area contributed by atoms with E-state index < -0.39 is 11.5 Å². The summed E-state index contributed by atoms with van der Waals surface area (Å²) in [4.78, 5) is 0. The highest BCUT2D eigenvalue weighted by molar-refractivity contribution is 5.09. The average molecular weight is 160 g/mol. The predicted molar refractivity (Wildman–Crippen MR) is 37.2 cm³/mol. The van der Waals surface area contributed by atoms with Crippen molar-refractivity contribution in [2.24, 2.45) is 0 Å². The second-order valence-corrected chi connectivity index (χ2v) is 3.03. The fraction of sp³-hybridized carbons (Fsp3) is 0.750. The zero-order valence-electron chi connectivity index (χ0n) is 6.11. The maximum atomic E-state index is 12.5. The van der Waals surface area contributed by atoms with E-state index in [9.17, 15) is 13.9 Å². The topological polar surface area (TPSA) is 20.2 Å². The second-order valence-electron chi connectivity index (χ2n) is 3.03. The summed E-state index contributed by atoms with van der Waals surface area (Å²) >= 11 is 0. The van der Waals surface area contributed by atoms with Crippen molar-refractivity contribution in [3.05, 3.63) is 0 Å². The Bertz CT molecular complexity index is 183. The number of hydrogen-bond acceptors (Lipinski definition) is 1. The van der Waals surface area contributed by atoms with Gasteiger partial charge in [-0.1, -0.05) is 5.92 Å². The molecule has 3 heteroatoms. The van der Waals surface area contributed by atoms with Gasteiger partial charge in [0.25, 0.3) is 0 Å². The van der Waals surface area contributed by atoms with Crippen LogP contribution in [-0.4, -0.2) is 16.6 Å². The van der Waals surface area contributed by atoms with Gasteiger partial charge >= 0.3 is 0 Å². The van der Waals surface area contributed by atoms with Crippen molar-refractivity contribution in [3.63, 3.8) is 0 Å². The highest BCUT2D eigenvalue weighted by atomic mass is 19.3. The molecule has 62 valence electrons. The summed E-state index contributed by atoms with van der Waals surface area (Å²) in [5.41, 5.74) is -1.28. The molecule has 0 saturated heterocycles. The van der Waals surface area contributed by atoms with Gasteiger partial charge in [-0.2, -0.15) is 0 Å². The van der Waals surface area contributed by atoms with Gasteiger partial charge in [-0.25, -0.2) is 8.78 Å². The third-order valence-electron chi connectivity index (χ3n) is 2.08. The molecule has 0 radical (unpaired) electrons. The zero-order chi connectivity index (χ0) is 8.54. The number of halogens is 2. The lowest BCUT2D eigenvalue weighted by atomic mass is 9.83. The van der Waals surface area contributed by atoms with Crippen LogP contribution in [0.1, 0.15) is 25.7 Å². The minimum absolute atomic E-state index is 0.0104. The summed E-state index contributed by atoms with van der Waals surface area (Å²) in [6.07, 6.45) is 4.41. The summed E-state index contributed by atoms with van der Waals surface area (Å²) in [6, 6.07) is 0. The van der Waals surface area contributed by atoms with Gasteiger partial charge in [0.1, 0.15) is 5.60 Å². The SMILES string of the molecule is C#CC1(O)CCC(F)(F)CC1. The Morgan fingerprint density at radius 3 is 2.00 bits per heavy atom. The summed E-state index contributed by atoms with van der Waals surface area (Å²) in [5, 5.41) is 9.34. The molecule has 1 saturated carbocycles. The lowest BCUT2D eigenvalue weighted by Crippen LogP contribution is -2.37. The van der Waals surface area contributed by atoms with Crippen LogP contribution < -0.4 is 0 Å². The number of rotatable bonds is 0. The first-order valence-corrected chi connectivity index (χ1v) is 3.55. The van der Waals surface area contributed by atoms with Crippen molar-refractivity contribution >= 4 is 0 Å². The molecular formula is C8H10F2O. The molecule has 1 N–H and O–H groups in total. The Morgan fingerprint density at radius 2 is 1.64 bits per heavy atom. The average Bonchev–Trinajstić information content (AvgIpc) is 1.97. The molecule has 11 heavy (non-hydrogen) atoms.